The van der Waals surface area contributed by atoms with Crippen LogP contribution in [-0.2, 0) is 4.79 Å². The second-order valence-electron chi connectivity index (χ2n) is 5.75. The molecule has 0 aliphatic heterocycles. The second kappa shape index (κ2) is 8.96. The summed E-state index contributed by atoms with van der Waals surface area (Å²) < 4.78 is 5.72. The Labute approximate surface area is 138 Å². The van der Waals surface area contributed by atoms with Gasteiger partial charge in [0.2, 0.25) is 5.91 Å². The second-order valence-corrected chi connectivity index (χ2v) is 5.75. The number of nitrogens with zero attached hydrogens (tertiary/aromatic N) is 1. The predicted molar refractivity (Wildman–Crippen MR) is 94.0 cm³/mol. The molecule has 0 atom stereocenters. The van der Waals surface area contributed by atoms with Crippen LogP contribution in [0.2, 0.25) is 0 Å². The van der Waals surface area contributed by atoms with Crippen LogP contribution in [0.3, 0.4) is 0 Å². The van der Waals surface area contributed by atoms with Gasteiger partial charge >= 0.3 is 0 Å². The molecule has 0 bridgehead atoms. The molecule has 2 aromatic carbocycles. The van der Waals surface area contributed by atoms with Crippen LogP contribution in [0.25, 0.3) is 0 Å². The topological polar surface area (TPSA) is 41.6 Å². The molecule has 0 unspecified atom stereocenters. The first-order chi connectivity index (χ1) is 11.1. The van der Waals surface area contributed by atoms with Gasteiger partial charge in [-0.15, -0.1) is 0 Å². The summed E-state index contributed by atoms with van der Waals surface area (Å²) in [5, 5.41) is 2.91. The zero-order valence-corrected chi connectivity index (χ0v) is 13.8. The maximum Gasteiger partial charge on any atom is 0.224 e. The Morgan fingerprint density at radius 3 is 2.26 bits per heavy atom. The summed E-state index contributed by atoms with van der Waals surface area (Å²) in [6, 6.07) is 17.0. The number of amides is 1. The number of ether oxygens (including phenoxy) is 1. The smallest absolute Gasteiger partial charge is 0.224 e. The van der Waals surface area contributed by atoms with Crippen molar-refractivity contribution in [3.63, 3.8) is 0 Å². The molecule has 1 amide bonds. The molecule has 4 nitrogen and oxygen atoms in total. The highest BCUT2D eigenvalue weighted by Crippen LogP contribution is 2.22. The van der Waals surface area contributed by atoms with Crippen molar-refractivity contribution in [3.05, 3.63) is 54.6 Å². The third-order valence-corrected chi connectivity index (χ3v) is 3.38. The quantitative estimate of drug-likeness (QED) is 0.745. The van der Waals surface area contributed by atoms with Gasteiger partial charge < -0.3 is 15.0 Å². The van der Waals surface area contributed by atoms with Crippen LogP contribution in [0.5, 0.6) is 11.5 Å². The molecule has 0 saturated carbocycles. The molecule has 0 saturated heterocycles. The lowest BCUT2D eigenvalue weighted by Crippen LogP contribution is -2.15. The normalized spacial score (nSPS) is 10.6. The van der Waals surface area contributed by atoms with E-state index in [0.29, 0.717) is 6.42 Å². The van der Waals surface area contributed by atoms with Gasteiger partial charge in [0.05, 0.1) is 0 Å². The molecule has 1 N–H and O–H groups in total. The summed E-state index contributed by atoms with van der Waals surface area (Å²) in [6.45, 7) is 1.01. The maximum atomic E-state index is 11.9. The van der Waals surface area contributed by atoms with Crippen molar-refractivity contribution in [1.29, 1.82) is 0 Å². The van der Waals surface area contributed by atoms with E-state index in [9.17, 15) is 4.79 Å². The number of rotatable bonds is 8. The van der Waals surface area contributed by atoms with Crippen LogP contribution in [0.1, 0.15) is 19.3 Å². The summed E-state index contributed by atoms with van der Waals surface area (Å²) in [7, 11) is 4.08. The van der Waals surface area contributed by atoms with Gasteiger partial charge in [-0.3, -0.25) is 4.79 Å². The summed E-state index contributed by atoms with van der Waals surface area (Å²) in [5.41, 5.74) is 0.794. The van der Waals surface area contributed by atoms with E-state index in [1.807, 2.05) is 68.7 Å². The van der Waals surface area contributed by atoms with Crippen molar-refractivity contribution in [2.75, 3.05) is 26.0 Å². The Morgan fingerprint density at radius 2 is 1.61 bits per heavy atom. The Bertz CT molecular complexity index is 595. The fraction of sp³-hybridized carbons (Fsp3) is 0.316. The largest absolute Gasteiger partial charge is 0.457 e. The molecule has 0 heterocycles. The number of hydrogen-bond acceptors (Lipinski definition) is 3. The molecule has 0 radical (unpaired) electrons. The number of benzene rings is 2. The lowest BCUT2D eigenvalue weighted by molar-refractivity contribution is -0.116. The fourth-order valence-electron chi connectivity index (χ4n) is 2.17. The lowest BCUT2D eigenvalue weighted by atomic mass is 10.2. The van der Waals surface area contributed by atoms with Crippen molar-refractivity contribution in [3.8, 4) is 11.5 Å². The summed E-state index contributed by atoms with van der Waals surface area (Å²) >= 11 is 0. The van der Waals surface area contributed by atoms with E-state index in [-0.39, 0.29) is 5.91 Å². The molecule has 0 aliphatic carbocycles. The highest BCUT2D eigenvalue weighted by atomic mass is 16.5. The fourth-order valence-corrected chi connectivity index (χ4v) is 2.17. The van der Waals surface area contributed by atoms with E-state index in [4.69, 9.17) is 4.74 Å². The van der Waals surface area contributed by atoms with Crippen molar-refractivity contribution in [2.45, 2.75) is 19.3 Å². The molecular weight excluding hydrogens is 288 g/mol. The van der Waals surface area contributed by atoms with Gasteiger partial charge in [-0.05, 0) is 69.9 Å². The van der Waals surface area contributed by atoms with Gasteiger partial charge in [-0.2, -0.15) is 0 Å². The van der Waals surface area contributed by atoms with Crippen molar-refractivity contribution >= 4 is 11.6 Å². The number of carbonyl (C=O) groups is 1. The third kappa shape index (κ3) is 6.53. The monoisotopic (exact) mass is 312 g/mol. The number of para-hydroxylation sites is 1. The van der Waals surface area contributed by atoms with Crippen LogP contribution >= 0.6 is 0 Å². The molecule has 2 aromatic rings. The Morgan fingerprint density at radius 1 is 0.957 bits per heavy atom. The molecule has 0 spiro atoms. The molecule has 4 heteroatoms. The number of unbranched alkanes of at least 4 members (excludes halogenated alkanes) is 1. The minimum absolute atomic E-state index is 0.0560. The summed E-state index contributed by atoms with van der Waals surface area (Å²) in [6.07, 6.45) is 2.49. The van der Waals surface area contributed by atoms with Gasteiger partial charge in [-0.25, -0.2) is 0 Å². The Balaban J connectivity index is 1.77. The van der Waals surface area contributed by atoms with E-state index in [1.165, 1.54) is 0 Å². The van der Waals surface area contributed by atoms with Crippen molar-refractivity contribution in [1.82, 2.24) is 4.90 Å². The average Bonchev–Trinajstić information content (AvgIpc) is 2.54. The van der Waals surface area contributed by atoms with Crippen molar-refractivity contribution in [2.24, 2.45) is 0 Å². The van der Waals surface area contributed by atoms with Gasteiger partial charge in [0.1, 0.15) is 11.5 Å². The van der Waals surface area contributed by atoms with Gasteiger partial charge in [0.25, 0.3) is 0 Å². The van der Waals surface area contributed by atoms with E-state index in [1.54, 1.807) is 0 Å². The first-order valence-electron chi connectivity index (χ1n) is 7.91. The van der Waals surface area contributed by atoms with Gasteiger partial charge in [0.15, 0.2) is 0 Å². The first kappa shape index (κ1) is 17.0. The molecule has 0 aromatic heterocycles. The SMILES string of the molecule is CN(C)CCCCC(=O)Nc1ccc(Oc2ccccc2)cc1. The van der Waals surface area contributed by atoms with E-state index in [2.05, 4.69) is 10.2 Å². The van der Waals surface area contributed by atoms with Crippen LogP contribution in [-0.4, -0.2) is 31.4 Å². The summed E-state index contributed by atoms with van der Waals surface area (Å²) in [4.78, 5) is 14.0. The van der Waals surface area contributed by atoms with E-state index in [0.717, 1.165) is 36.6 Å². The van der Waals surface area contributed by atoms with Crippen LogP contribution in [0.15, 0.2) is 54.6 Å². The third-order valence-electron chi connectivity index (χ3n) is 3.38. The predicted octanol–water partition coefficient (Wildman–Crippen LogP) is 4.15. The summed E-state index contributed by atoms with van der Waals surface area (Å²) in [5.74, 6) is 1.60. The molecule has 2 rings (SSSR count). The average molecular weight is 312 g/mol. The first-order valence-corrected chi connectivity index (χ1v) is 7.91. The standard InChI is InChI=1S/C19H24N2O2/c1-21(2)15-7-6-10-19(22)20-16-11-13-18(14-12-16)23-17-8-4-3-5-9-17/h3-5,8-9,11-14H,6-7,10,15H2,1-2H3,(H,20,22). The van der Waals surface area contributed by atoms with Crippen LogP contribution in [0, 0.1) is 0 Å². The van der Waals surface area contributed by atoms with Crippen LogP contribution < -0.4 is 10.1 Å². The minimum Gasteiger partial charge on any atom is -0.457 e. The van der Waals surface area contributed by atoms with E-state index < -0.39 is 0 Å². The molecule has 122 valence electrons. The molecule has 0 fully saturated rings. The van der Waals surface area contributed by atoms with E-state index >= 15 is 0 Å². The number of hydrogen-bond donors (Lipinski definition) is 1. The van der Waals surface area contributed by atoms with Crippen molar-refractivity contribution < 1.29 is 9.53 Å². The van der Waals surface area contributed by atoms with Gasteiger partial charge in [0, 0.05) is 12.1 Å². The molecule has 0 aliphatic rings. The molecular formula is C19H24N2O2. The Hall–Kier alpha value is -2.33. The molecule has 23 heavy (non-hydrogen) atoms. The van der Waals surface area contributed by atoms with Gasteiger partial charge in [-0.1, -0.05) is 18.2 Å². The zero-order chi connectivity index (χ0) is 16.5. The highest BCUT2D eigenvalue weighted by molar-refractivity contribution is 5.90. The minimum atomic E-state index is 0.0560. The number of nitrogens with one attached hydrogen (secondary N) is 1. The Kier molecular flexibility index (Phi) is 6.63. The lowest BCUT2D eigenvalue weighted by Gasteiger charge is -2.10. The number of carbonyl (C=O) groups excluding carboxylic acids is 1. The van der Waals surface area contributed by atoms with Crippen LogP contribution in [0.4, 0.5) is 5.69 Å². The highest BCUT2D eigenvalue weighted by Gasteiger charge is 2.03. The zero-order valence-electron chi connectivity index (χ0n) is 13.8. The maximum absolute atomic E-state index is 11.9. The number of anilines is 1.